The Morgan fingerprint density at radius 1 is 1.11 bits per heavy atom. The first-order chi connectivity index (χ1) is 13.4. The van der Waals surface area contributed by atoms with Gasteiger partial charge in [0.15, 0.2) is 11.7 Å². The van der Waals surface area contributed by atoms with Gasteiger partial charge in [0.05, 0.1) is 17.2 Å². The average Bonchev–Trinajstić information content (AvgIpc) is 2.66. The molecule has 148 valence electrons. The van der Waals surface area contributed by atoms with E-state index in [0.717, 1.165) is 4.47 Å². The Labute approximate surface area is 180 Å². The lowest BCUT2D eigenvalue weighted by Crippen LogP contribution is -2.49. The second-order valence-electron chi connectivity index (χ2n) is 5.25. The largest absolute Gasteiger partial charge is 0.493 e. The van der Waals surface area contributed by atoms with Crippen LogP contribution < -0.4 is 25.6 Å². The Balaban J connectivity index is 1.80. The second kappa shape index (κ2) is 10.8. The lowest BCUT2D eigenvalue weighted by atomic mass is 10.2. The van der Waals surface area contributed by atoms with Gasteiger partial charge in [0, 0.05) is 4.47 Å². The Morgan fingerprint density at radius 2 is 1.86 bits per heavy atom. The number of amides is 2. The minimum Gasteiger partial charge on any atom is -0.493 e. The van der Waals surface area contributed by atoms with Gasteiger partial charge in [-0.25, -0.2) is 0 Å². The van der Waals surface area contributed by atoms with Gasteiger partial charge in [-0.2, -0.15) is 0 Å². The molecule has 0 atom stereocenters. The number of para-hydroxylation sites is 1. The first kappa shape index (κ1) is 21.9. The van der Waals surface area contributed by atoms with E-state index >= 15 is 0 Å². The fourth-order valence-electron chi connectivity index (χ4n) is 2.04. The third-order valence-electron chi connectivity index (χ3n) is 3.23. The van der Waals surface area contributed by atoms with Crippen molar-refractivity contribution < 1.29 is 19.1 Å². The highest BCUT2D eigenvalue weighted by Gasteiger charge is 2.14. The molecule has 2 aromatic rings. The first-order valence-corrected chi connectivity index (χ1v) is 9.68. The lowest BCUT2D eigenvalue weighted by molar-refractivity contribution is -0.123. The van der Waals surface area contributed by atoms with E-state index in [4.69, 9.17) is 33.3 Å². The Kier molecular flexibility index (Phi) is 8.49. The zero-order valence-electron chi connectivity index (χ0n) is 14.8. The van der Waals surface area contributed by atoms with Crippen molar-refractivity contribution in [2.24, 2.45) is 0 Å². The van der Waals surface area contributed by atoms with E-state index in [1.165, 1.54) is 0 Å². The molecule has 0 aliphatic heterocycles. The minimum absolute atomic E-state index is 0.0775. The normalized spacial score (nSPS) is 9.96. The molecule has 2 amide bonds. The van der Waals surface area contributed by atoms with Gasteiger partial charge >= 0.3 is 0 Å². The summed E-state index contributed by atoms with van der Waals surface area (Å²) in [5.41, 5.74) is 5.09. The SMILES string of the molecule is CCOc1ccccc1C(=O)NC(=S)NNC(=O)COc1ccc(Br)cc1Cl. The van der Waals surface area contributed by atoms with E-state index in [9.17, 15) is 9.59 Å². The quantitative estimate of drug-likeness (QED) is 0.429. The summed E-state index contributed by atoms with van der Waals surface area (Å²) in [5.74, 6) is -0.170. The third-order valence-corrected chi connectivity index (χ3v) is 4.22. The highest BCUT2D eigenvalue weighted by atomic mass is 79.9. The van der Waals surface area contributed by atoms with Gasteiger partial charge in [0.2, 0.25) is 0 Å². The molecule has 10 heteroatoms. The van der Waals surface area contributed by atoms with Crippen LogP contribution in [0, 0.1) is 0 Å². The van der Waals surface area contributed by atoms with Gasteiger partial charge in [-0.15, -0.1) is 0 Å². The topological polar surface area (TPSA) is 88.7 Å². The van der Waals surface area contributed by atoms with Gasteiger partial charge in [0.1, 0.15) is 11.5 Å². The molecule has 0 heterocycles. The van der Waals surface area contributed by atoms with Crippen molar-refractivity contribution in [3.05, 3.63) is 57.5 Å². The molecule has 0 bridgehead atoms. The summed E-state index contributed by atoms with van der Waals surface area (Å²) in [6.45, 7) is 1.95. The van der Waals surface area contributed by atoms with E-state index in [0.29, 0.717) is 28.7 Å². The van der Waals surface area contributed by atoms with Crippen LogP contribution in [0.5, 0.6) is 11.5 Å². The molecular formula is C18H17BrClN3O4S. The predicted octanol–water partition coefficient (Wildman–Crippen LogP) is 3.22. The number of hydrogen-bond donors (Lipinski definition) is 3. The van der Waals surface area contributed by atoms with E-state index in [-0.39, 0.29) is 11.7 Å². The fourth-order valence-corrected chi connectivity index (χ4v) is 2.91. The molecule has 0 saturated carbocycles. The number of rotatable bonds is 6. The molecular weight excluding hydrogens is 470 g/mol. The number of thiocarbonyl (C=S) groups is 1. The maximum Gasteiger partial charge on any atom is 0.276 e. The third kappa shape index (κ3) is 6.66. The first-order valence-electron chi connectivity index (χ1n) is 8.10. The summed E-state index contributed by atoms with van der Waals surface area (Å²) in [7, 11) is 0. The molecule has 2 aromatic carbocycles. The zero-order valence-corrected chi connectivity index (χ0v) is 17.9. The van der Waals surface area contributed by atoms with Crippen LogP contribution in [-0.2, 0) is 4.79 Å². The number of nitrogens with one attached hydrogen (secondary N) is 3. The maximum absolute atomic E-state index is 12.3. The van der Waals surface area contributed by atoms with Crippen LogP contribution in [0.3, 0.4) is 0 Å². The van der Waals surface area contributed by atoms with Crippen molar-refractivity contribution in [1.29, 1.82) is 0 Å². The summed E-state index contributed by atoms with van der Waals surface area (Å²) < 4.78 is 11.5. The zero-order chi connectivity index (χ0) is 20.5. The molecule has 0 aliphatic rings. The summed E-state index contributed by atoms with van der Waals surface area (Å²) in [5, 5.41) is 2.75. The molecule has 0 aromatic heterocycles. The molecule has 2 rings (SSSR count). The number of hydrogen-bond acceptors (Lipinski definition) is 5. The molecule has 3 N–H and O–H groups in total. The number of carbonyl (C=O) groups is 2. The van der Waals surface area contributed by atoms with Gasteiger partial charge in [0.25, 0.3) is 11.8 Å². The van der Waals surface area contributed by atoms with Crippen LogP contribution in [0.25, 0.3) is 0 Å². The van der Waals surface area contributed by atoms with E-state index in [2.05, 4.69) is 32.1 Å². The number of ether oxygens (including phenoxy) is 2. The van der Waals surface area contributed by atoms with Crippen molar-refractivity contribution in [1.82, 2.24) is 16.2 Å². The molecule has 28 heavy (non-hydrogen) atoms. The molecule has 0 spiro atoms. The van der Waals surface area contributed by atoms with Gasteiger partial charge in [-0.1, -0.05) is 39.7 Å². The molecule has 0 unspecified atom stereocenters. The van der Waals surface area contributed by atoms with Crippen LogP contribution in [-0.4, -0.2) is 30.1 Å². The smallest absolute Gasteiger partial charge is 0.276 e. The van der Waals surface area contributed by atoms with Gasteiger partial charge in [-0.3, -0.25) is 25.8 Å². The lowest BCUT2D eigenvalue weighted by Gasteiger charge is -2.13. The van der Waals surface area contributed by atoms with Gasteiger partial charge in [-0.05, 0) is 49.5 Å². The van der Waals surface area contributed by atoms with Crippen molar-refractivity contribution in [3.63, 3.8) is 0 Å². The Bertz CT molecular complexity index is 882. The molecule has 0 radical (unpaired) electrons. The van der Waals surface area contributed by atoms with Crippen LogP contribution in [0.1, 0.15) is 17.3 Å². The van der Waals surface area contributed by atoms with Crippen molar-refractivity contribution in [3.8, 4) is 11.5 Å². The second-order valence-corrected chi connectivity index (χ2v) is 6.98. The Morgan fingerprint density at radius 3 is 2.57 bits per heavy atom. The average molecular weight is 487 g/mol. The highest BCUT2D eigenvalue weighted by Crippen LogP contribution is 2.27. The molecule has 0 saturated heterocycles. The molecule has 0 aliphatic carbocycles. The highest BCUT2D eigenvalue weighted by molar-refractivity contribution is 9.10. The fraction of sp³-hybridized carbons (Fsp3) is 0.167. The minimum atomic E-state index is -0.509. The number of carbonyl (C=O) groups excluding carboxylic acids is 2. The van der Waals surface area contributed by atoms with Crippen molar-refractivity contribution in [2.75, 3.05) is 13.2 Å². The van der Waals surface area contributed by atoms with E-state index < -0.39 is 11.8 Å². The number of benzene rings is 2. The predicted molar refractivity (Wildman–Crippen MR) is 114 cm³/mol. The molecule has 7 nitrogen and oxygen atoms in total. The van der Waals surface area contributed by atoms with E-state index in [1.54, 1.807) is 42.5 Å². The van der Waals surface area contributed by atoms with Crippen LogP contribution in [0.2, 0.25) is 5.02 Å². The number of hydrazine groups is 1. The summed E-state index contributed by atoms with van der Waals surface area (Å²) >= 11 is 14.3. The van der Waals surface area contributed by atoms with Gasteiger partial charge < -0.3 is 9.47 Å². The Hall–Kier alpha value is -2.36. The maximum atomic E-state index is 12.3. The number of halogens is 2. The summed E-state index contributed by atoms with van der Waals surface area (Å²) in [6.07, 6.45) is 0. The van der Waals surface area contributed by atoms with Crippen LogP contribution >= 0.6 is 39.7 Å². The van der Waals surface area contributed by atoms with Crippen LogP contribution in [0.15, 0.2) is 46.9 Å². The summed E-state index contributed by atoms with van der Waals surface area (Å²) in [4.78, 5) is 24.1. The monoisotopic (exact) mass is 485 g/mol. The van der Waals surface area contributed by atoms with Crippen molar-refractivity contribution >= 4 is 56.7 Å². The van der Waals surface area contributed by atoms with Crippen molar-refractivity contribution in [2.45, 2.75) is 6.92 Å². The van der Waals surface area contributed by atoms with Crippen LogP contribution in [0.4, 0.5) is 0 Å². The van der Waals surface area contributed by atoms with E-state index in [1.807, 2.05) is 6.92 Å². The molecule has 0 fully saturated rings. The standard InChI is InChI=1S/C18H17BrClN3O4S/c1-2-26-14-6-4-3-5-12(14)17(25)21-18(28)23-22-16(24)10-27-15-8-7-11(19)9-13(15)20/h3-9H,2,10H2,1H3,(H,22,24)(H2,21,23,25,28). The summed E-state index contributed by atoms with van der Waals surface area (Å²) in [6, 6.07) is 11.8.